The van der Waals surface area contributed by atoms with Crippen molar-refractivity contribution < 1.29 is 4.79 Å². The van der Waals surface area contributed by atoms with E-state index in [1.165, 1.54) is 11.8 Å². The molecule has 168 valence electrons. The fraction of sp³-hybridized carbons (Fsp3) is 0.160. The number of anilines is 1. The molecule has 1 N–H and O–H groups in total. The average Bonchev–Trinajstić information content (AvgIpc) is 3.21. The quantitative estimate of drug-likeness (QED) is 0.267. The number of rotatable bonds is 7. The van der Waals surface area contributed by atoms with E-state index in [0.29, 0.717) is 16.6 Å². The Labute approximate surface area is 210 Å². The van der Waals surface area contributed by atoms with Crippen LogP contribution >= 0.6 is 39.3 Å². The third-order valence-corrected chi connectivity index (χ3v) is 7.36. The normalized spacial score (nSPS) is 10.9. The summed E-state index contributed by atoms with van der Waals surface area (Å²) in [6.45, 7) is 4.02. The lowest BCUT2D eigenvalue weighted by molar-refractivity contribution is -0.113. The summed E-state index contributed by atoms with van der Waals surface area (Å²) in [6, 6.07) is 21.5. The van der Waals surface area contributed by atoms with Crippen molar-refractivity contribution in [2.45, 2.75) is 25.4 Å². The Bertz CT molecular complexity index is 1280. The van der Waals surface area contributed by atoms with Crippen molar-refractivity contribution in [1.82, 2.24) is 14.8 Å². The zero-order valence-electron chi connectivity index (χ0n) is 18.2. The molecule has 0 saturated carbocycles. The van der Waals surface area contributed by atoms with Crippen LogP contribution < -0.4 is 5.32 Å². The van der Waals surface area contributed by atoms with E-state index in [1.807, 2.05) is 73.0 Å². The first-order valence-corrected chi connectivity index (χ1v) is 12.5. The number of halogens is 2. The van der Waals surface area contributed by atoms with Gasteiger partial charge in [0.15, 0.2) is 5.16 Å². The Morgan fingerprint density at radius 2 is 1.73 bits per heavy atom. The van der Waals surface area contributed by atoms with Crippen LogP contribution in [0, 0.1) is 13.8 Å². The van der Waals surface area contributed by atoms with Gasteiger partial charge in [0.1, 0.15) is 5.82 Å². The van der Waals surface area contributed by atoms with Crippen molar-refractivity contribution >= 4 is 50.9 Å². The van der Waals surface area contributed by atoms with Gasteiger partial charge in [-0.2, -0.15) is 0 Å². The van der Waals surface area contributed by atoms with Gasteiger partial charge >= 0.3 is 0 Å². The van der Waals surface area contributed by atoms with E-state index in [9.17, 15) is 4.79 Å². The molecule has 0 radical (unpaired) electrons. The summed E-state index contributed by atoms with van der Waals surface area (Å²) in [5.41, 5.74) is 4.99. The van der Waals surface area contributed by atoms with Crippen LogP contribution in [0.4, 0.5) is 5.69 Å². The molecule has 1 amide bonds. The standard InChI is InChI=1S/C25H22BrClN4OS/c1-16-17(2)22(13-12-21(16)26)28-24(32)15-33-25-30-29-23(14-18-6-4-3-5-7-18)31(25)20-10-8-19(27)9-11-20/h3-13H,14-15H2,1-2H3,(H,28,32). The minimum Gasteiger partial charge on any atom is -0.325 e. The van der Waals surface area contributed by atoms with Crippen molar-refractivity contribution in [3.63, 3.8) is 0 Å². The number of nitrogens with one attached hydrogen (secondary N) is 1. The van der Waals surface area contributed by atoms with Crippen LogP contribution in [0.5, 0.6) is 0 Å². The Hall–Kier alpha value is -2.61. The van der Waals surface area contributed by atoms with Gasteiger partial charge in [-0.15, -0.1) is 10.2 Å². The predicted octanol–water partition coefficient (Wildman–Crippen LogP) is 6.62. The summed E-state index contributed by atoms with van der Waals surface area (Å²) in [4.78, 5) is 12.7. The first-order chi connectivity index (χ1) is 15.9. The van der Waals surface area contributed by atoms with Crippen LogP contribution in [0.3, 0.4) is 0 Å². The molecule has 4 rings (SSSR count). The summed E-state index contributed by atoms with van der Waals surface area (Å²) in [5.74, 6) is 0.914. The number of hydrogen-bond acceptors (Lipinski definition) is 4. The number of hydrogen-bond donors (Lipinski definition) is 1. The van der Waals surface area contributed by atoms with E-state index in [1.54, 1.807) is 0 Å². The highest BCUT2D eigenvalue weighted by atomic mass is 79.9. The molecule has 0 aliphatic carbocycles. The smallest absolute Gasteiger partial charge is 0.234 e. The van der Waals surface area contributed by atoms with Gasteiger partial charge in [0.05, 0.1) is 5.75 Å². The summed E-state index contributed by atoms with van der Waals surface area (Å²) in [7, 11) is 0. The number of carbonyl (C=O) groups excluding carboxylic acids is 1. The molecule has 8 heteroatoms. The number of nitrogens with zero attached hydrogens (tertiary/aromatic N) is 3. The molecule has 0 saturated heterocycles. The highest BCUT2D eigenvalue weighted by Crippen LogP contribution is 2.27. The van der Waals surface area contributed by atoms with Crippen LogP contribution in [-0.2, 0) is 11.2 Å². The number of carbonyl (C=O) groups is 1. The fourth-order valence-corrected chi connectivity index (χ4v) is 4.70. The SMILES string of the molecule is Cc1c(Br)ccc(NC(=O)CSc2nnc(Cc3ccccc3)n2-c2ccc(Cl)cc2)c1C. The molecule has 4 aromatic rings. The molecule has 0 unspecified atom stereocenters. The highest BCUT2D eigenvalue weighted by Gasteiger charge is 2.17. The lowest BCUT2D eigenvalue weighted by atomic mass is 10.1. The maximum absolute atomic E-state index is 12.7. The summed E-state index contributed by atoms with van der Waals surface area (Å²) >= 11 is 11.0. The number of amides is 1. The number of benzene rings is 3. The Morgan fingerprint density at radius 3 is 2.45 bits per heavy atom. The minimum atomic E-state index is -0.0971. The van der Waals surface area contributed by atoms with Crippen molar-refractivity contribution in [1.29, 1.82) is 0 Å². The minimum absolute atomic E-state index is 0.0971. The summed E-state index contributed by atoms with van der Waals surface area (Å²) in [5, 5.41) is 13.1. The van der Waals surface area contributed by atoms with Crippen LogP contribution in [0.25, 0.3) is 5.69 Å². The van der Waals surface area contributed by atoms with Gasteiger partial charge in [0.25, 0.3) is 0 Å². The van der Waals surface area contributed by atoms with Crippen molar-refractivity contribution in [2.24, 2.45) is 0 Å². The Morgan fingerprint density at radius 1 is 1.00 bits per heavy atom. The highest BCUT2D eigenvalue weighted by molar-refractivity contribution is 9.10. The second kappa shape index (κ2) is 10.5. The van der Waals surface area contributed by atoms with Gasteiger partial charge in [-0.1, -0.05) is 69.6 Å². The third-order valence-electron chi connectivity index (χ3n) is 5.32. The van der Waals surface area contributed by atoms with E-state index in [-0.39, 0.29) is 11.7 Å². The lowest BCUT2D eigenvalue weighted by Gasteiger charge is -2.12. The molecule has 33 heavy (non-hydrogen) atoms. The Balaban J connectivity index is 1.55. The molecule has 0 aliphatic rings. The summed E-state index contributed by atoms with van der Waals surface area (Å²) < 4.78 is 3.01. The molecule has 0 atom stereocenters. The molecular formula is C25H22BrClN4OS. The predicted molar refractivity (Wildman–Crippen MR) is 139 cm³/mol. The molecule has 0 bridgehead atoms. The topological polar surface area (TPSA) is 59.8 Å². The molecular weight excluding hydrogens is 520 g/mol. The maximum atomic E-state index is 12.7. The maximum Gasteiger partial charge on any atom is 0.234 e. The van der Waals surface area contributed by atoms with Gasteiger partial charge in [-0.05, 0) is 66.9 Å². The molecule has 0 spiro atoms. The lowest BCUT2D eigenvalue weighted by Crippen LogP contribution is -2.15. The first-order valence-electron chi connectivity index (χ1n) is 10.3. The monoisotopic (exact) mass is 540 g/mol. The molecule has 1 heterocycles. The van der Waals surface area contributed by atoms with Gasteiger partial charge in [0.2, 0.25) is 5.91 Å². The number of aromatic nitrogens is 3. The van der Waals surface area contributed by atoms with Crippen molar-refractivity contribution in [3.8, 4) is 5.69 Å². The van der Waals surface area contributed by atoms with Gasteiger partial charge < -0.3 is 5.32 Å². The van der Waals surface area contributed by atoms with Gasteiger partial charge in [0, 0.05) is 27.3 Å². The molecule has 3 aromatic carbocycles. The van der Waals surface area contributed by atoms with E-state index in [2.05, 4.69) is 43.6 Å². The second-order valence-corrected chi connectivity index (χ2v) is 9.79. The van der Waals surface area contributed by atoms with Crippen LogP contribution in [0.2, 0.25) is 5.02 Å². The Kier molecular flexibility index (Phi) is 7.53. The van der Waals surface area contributed by atoms with Crippen LogP contribution in [-0.4, -0.2) is 26.4 Å². The van der Waals surface area contributed by atoms with Crippen LogP contribution in [0.15, 0.2) is 76.4 Å². The fourth-order valence-electron chi connectivity index (χ4n) is 3.38. The number of thioether (sulfide) groups is 1. The second-order valence-electron chi connectivity index (χ2n) is 7.55. The zero-order valence-corrected chi connectivity index (χ0v) is 21.3. The molecule has 5 nitrogen and oxygen atoms in total. The van der Waals surface area contributed by atoms with Gasteiger partial charge in [-0.25, -0.2) is 0 Å². The molecule has 0 fully saturated rings. The van der Waals surface area contributed by atoms with E-state index < -0.39 is 0 Å². The van der Waals surface area contributed by atoms with E-state index >= 15 is 0 Å². The third kappa shape index (κ3) is 5.66. The molecule has 0 aliphatic heterocycles. The summed E-state index contributed by atoms with van der Waals surface area (Å²) in [6.07, 6.45) is 0.626. The van der Waals surface area contributed by atoms with Crippen molar-refractivity contribution in [3.05, 3.63) is 98.7 Å². The largest absolute Gasteiger partial charge is 0.325 e. The van der Waals surface area contributed by atoms with E-state index in [4.69, 9.17) is 11.6 Å². The van der Waals surface area contributed by atoms with Crippen LogP contribution in [0.1, 0.15) is 22.5 Å². The van der Waals surface area contributed by atoms with E-state index in [0.717, 1.165) is 38.4 Å². The van der Waals surface area contributed by atoms with Gasteiger partial charge in [-0.3, -0.25) is 9.36 Å². The molecule has 1 aromatic heterocycles. The zero-order chi connectivity index (χ0) is 23.4. The average molecular weight is 542 g/mol. The van der Waals surface area contributed by atoms with Crippen molar-refractivity contribution in [2.75, 3.05) is 11.1 Å². The first kappa shape index (κ1) is 23.5.